The van der Waals surface area contributed by atoms with E-state index in [-0.39, 0.29) is 17.4 Å². The molecule has 0 unspecified atom stereocenters. The first-order chi connectivity index (χ1) is 13.1. The molecule has 1 aromatic heterocycles. The summed E-state index contributed by atoms with van der Waals surface area (Å²) in [5.41, 5.74) is 2.11. The molecule has 2 aliphatic rings. The highest BCUT2D eigenvalue weighted by Gasteiger charge is 2.28. The highest BCUT2D eigenvalue weighted by Crippen LogP contribution is 2.33. The molecular formula is C19H21N3O4S. The summed E-state index contributed by atoms with van der Waals surface area (Å²) in [5.74, 6) is 1.48. The lowest BCUT2D eigenvalue weighted by atomic mass is 10.1. The number of anilines is 1. The van der Waals surface area contributed by atoms with Gasteiger partial charge in [0.1, 0.15) is 13.2 Å². The fourth-order valence-electron chi connectivity index (χ4n) is 3.33. The van der Waals surface area contributed by atoms with Gasteiger partial charge in [-0.2, -0.15) is 0 Å². The van der Waals surface area contributed by atoms with E-state index in [2.05, 4.69) is 10.3 Å². The Hall–Kier alpha value is -2.48. The van der Waals surface area contributed by atoms with Crippen LogP contribution in [0, 0.1) is 12.8 Å². The molecular weight excluding hydrogens is 366 g/mol. The van der Waals surface area contributed by atoms with Crippen molar-refractivity contribution in [3.05, 3.63) is 39.8 Å². The summed E-state index contributed by atoms with van der Waals surface area (Å²) >= 11 is 1.45. The summed E-state index contributed by atoms with van der Waals surface area (Å²) < 4.78 is 12.7. The molecule has 0 aliphatic carbocycles. The number of nitrogens with zero attached hydrogens (tertiary/aromatic N) is 2. The summed E-state index contributed by atoms with van der Waals surface area (Å²) in [6, 6.07) is 5.35. The molecule has 8 heteroatoms. The second kappa shape index (κ2) is 7.26. The monoisotopic (exact) mass is 387 g/mol. The van der Waals surface area contributed by atoms with Crippen molar-refractivity contribution in [2.24, 2.45) is 5.92 Å². The van der Waals surface area contributed by atoms with Crippen molar-refractivity contribution in [3.63, 3.8) is 0 Å². The van der Waals surface area contributed by atoms with Crippen LogP contribution in [0.1, 0.15) is 18.2 Å². The Kier molecular flexibility index (Phi) is 4.82. The number of amides is 1. The zero-order valence-corrected chi connectivity index (χ0v) is 16.1. The van der Waals surface area contributed by atoms with Crippen LogP contribution in [-0.2, 0) is 17.8 Å². The number of benzene rings is 1. The van der Waals surface area contributed by atoms with Crippen molar-refractivity contribution in [1.82, 2.24) is 9.55 Å². The van der Waals surface area contributed by atoms with E-state index in [4.69, 9.17) is 9.47 Å². The van der Waals surface area contributed by atoms with Crippen molar-refractivity contribution >= 4 is 23.4 Å². The van der Waals surface area contributed by atoms with Gasteiger partial charge in [-0.05, 0) is 25.5 Å². The van der Waals surface area contributed by atoms with E-state index >= 15 is 0 Å². The Morgan fingerprint density at radius 3 is 2.89 bits per heavy atom. The zero-order chi connectivity index (χ0) is 19.0. The van der Waals surface area contributed by atoms with E-state index in [0.29, 0.717) is 59.8 Å². The lowest BCUT2D eigenvalue weighted by Gasteiger charge is -2.25. The van der Waals surface area contributed by atoms with Crippen LogP contribution in [0.5, 0.6) is 11.5 Å². The van der Waals surface area contributed by atoms with Crippen LogP contribution in [0.25, 0.3) is 0 Å². The number of carbonyl (C=O) groups is 1. The number of hydrogen-bond donors (Lipinski definition) is 1. The molecule has 1 aromatic carbocycles. The normalized spacial score (nSPS) is 17.9. The summed E-state index contributed by atoms with van der Waals surface area (Å²) in [6.07, 6.45) is 0.636. The van der Waals surface area contributed by atoms with Crippen LogP contribution in [-0.4, -0.2) is 34.4 Å². The Bertz CT molecular complexity index is 957. The molecule has 2 aromatic rings. The van der Waals surface area contributed by atoms with Gasteiger partial charge in [-0.25, -0.2) is 4.98 Å². The molecule has 0 fully saturated rings. The maximum absolute atomic E-state index is 12.7. The molecule has 3 heterocycles. The van der Waals surface area contributed by atoms with Gasteiger partial charge < -0.3 is 14.8 Å². The average Bonchev–Trinajstić information content (AvgIpc) is 2.68. The Morgan fingerprint density at radius 1 is 1.33 bits per heavy atom. The minimum absolute atomic E-state index is 0.0377. The third-order valence-corrected chi connectivity index (χ3v) is 5.92. The second-order valence-electron chi connectivity index (χ2n) is 6.58. The molecule has 1 atom stereocenters. The number of carbonyl (C=O) groups excluding carboxylic acids is 1. The predicted octanol–water partition coefficient (Wildman–Crippen LogP) is 2.25. The quantitative estimate of drug-likeness (QED) is 0.814. The summed E-state index contributed by atoms with van der Waals surface area (Å²) in [5, 5.41) is 3.62. The van der Waals surface area contributed by atoms with E-state index in [9.17, 15) is 9.59 Å². The molecule has 0 bridgehead atoms. The van der Waals surface area contributed by atoms with Crippen molar-refractivity contribution in [2.75, 3.05) is 24.3 Å². The Balaban J connectivity index is 1.52. The van der Waals surface area contributed by atoms with Gasteiger partial charge in [0.25, 0.3) is 5.56 Å². The van der Waals surface area contributed by atoms with Crippen molar-refractivity contribution in [2.45, 2.75) is 32.0 Å². The lowest BCUT2D eigenvalue weighted by molar-refractivity contribution is -0.119. The van der Waals surface area contributed by atoms with Crippen LogP contribution in [0.15, 0.2) is 28.2 Å². The maximum Gasteiger partial charge on any atom is 0.257 e. The number of nitrogens with one attached hydrogen (secondary N) is 1. The van der Waals surface area contributed by atoms with E-state index in [1.54, 1.807) is 22.8 Å². The number of aryl methyl sites for hydroxylation is 1. The van der Waals surface area contributed by atoms with Gasteiger partial charge in [0.2, 0.25) is 5.91 Å². The third-order valence-electron chi connectivity index (χ3n) is 4.78. The molecule has 2 aliphatic heterocycles. The number of hydrogen-bond acceptors (Lipinski definition) is 6. The van der Waals surface area contributed by atoms with Gasteiger partial charge in [0.05, 0.1) is 5.92 Å². The topological polar surface area (TPSA) is 82.5 Å². The molecule has 7 nitrogen and oxygen atoms in total. The first-order valence-electron chi connectivity index (χ1n) is 9.00. The highest BCUT2D eigenvalue weighted by molar-refractivity contribution is 7.99. The first kappa shape index (κ1) is 17.9. The molecule has 0 spiro atoms. The third kappa shape index (κ3) is 3.41. The van der Waals surface area contributed by atoms with Gasteiger partial charge in [0.15, 0.2) is 16.7 Å². The molecule has 0 saturated carbocycles. The van der Waals surface area contributed by atoms with E-state index in [0.717, 1.165) is 5.69 Å². The number of aromatic nitrogens is 2. The summed E-state index contributed by atoms with van der Waals surface area (Å²) in [4.78, 5) is 30.0. The fraction of sp³-hybridized carbons (Fsp3) is 0.421. The molecule has 142 valence electrons. The zero-order valence-electron chi connectivity index (χ0n) is 15.3. The Labute approximate surface area is 161 Å². The Morgan fingerprint density at radius 2 is 2.11 bits per heavy atom. The van der Waals surface area contributed by atoms with E-state index in [1.807, 2.05) is 13.8 Å². The van der Waals surface area contributed by atoms with Crippen LogP contribution in [0.3, 0.4) is 0 Å². The van der Waals surface area contributed by atoms with Gasteiger partial charge in [0, 0.05) is 35.3 Å². The average molecular weight is 387 g/mol. The maximum atomic E-state index is 12.7. The molecule has 1 amide bonds. The van der Waals surface area contributed by atoms with Crippen molar-refractivity contribution < 1.29 is 14.3 Å². The summed E-state index contributed by atoms with van der Waals surface area (Å²) in [7, 11) is 0. The second-order valence-corrected chi connectivity index (χ2v) is 7.57. The largest absolute Gasteiger partial charge is 0.486 e. The molecule has 0 saturated heterocycles. The summed E-state index contributed by atoms with van der Waals surface area (Å²) in [6.45, 7) is 5.18. The number of ether oxygens (including phenoxy) is 2. The van der Waals surface area contributed by atoms with Gasteiger partial charge in [-0.3, -0.25) is 14.2 Å². The van der Waals surface area contributed by atoms with Crippen molar-refractivity contribution in [1.29, 1.82) is 0 Å². The van der Waals surface area contributed by atoms with Crippen LogP contribution < -0.4 is 20.3 Å². The van der Waals surface area contributed by atoms with Gasteiger partial charge >= 0.3 is 0 Å². The number of thioether (sulfide) groups is 1. The molecule has 27 heavy (non-hydrogen) atoms. The van der Waals surface area contributed by atoms with Crippen LogP contribution in [0.2, 0.25) is 0 Å². The van der Waals surface area contributed by atoms with Gasteiger partial charge in [-0.1, -0.05) is 18.7 Å². The van der Waals surface area contributed by atoms with E-state index in [1.165, 1.54) is 11.8 Å². The van der Waals surface area contributed by atoms with Gasteiger partial charge in [-0.15, -0.1) is 0 Å². The highest BCUT2D eigenvalue weighted by atomic mass is 32.2. The van der Waals surface area contributed by atoms with Crippen LogP contribution >= 0.6 is 11.8 Å². The number of fused-ring (bicyclic) bond motifs is 2. The minimum atomic E-state index is -0.303. The molecule has 1 N–H and O–H groups in total. The predicted molar refractivity (Wildman–Crippen MR) is 103 cm³/mol. The standard InChI is InChI=1S/C19H21N3O4S/c1-3-14-11(2)20-19-22(18(14)24)9-12(10-27-19)17(23)21-13-4-5-15-16(8-13)26-7-6-25-15/h4-5,8,12H,3,6-7,9-10H2,1-2H3,(H,21,23)/t12-/m1/s1. The van der Waals surface area contributed by atoms with Crippen molar-refractivity contribution in [3.8, 4) is 11.5 Å². The smallest absolute Gasteiger partial charge is 0.257 e. The molecule has 0 radical (unpaired) electrons. The first-order valence-corrected chi connectivity index (χ1v) is 9.99. The lowest BCUT2D eigenvalue weighted by Crippen LogP contribution is -2.38. The fourth-order valence-corrected chi connectivity index (χ4v) is 4.45. The SMILES string of the molecule is CCc1c(C)nc2n(c1=O)C[C@@H](C(=O)Nc1ccc3c(c1)OCCO3)CS2. The van der Waals surface area contributed by atoms with Crippen LogP contribution in [0.4, 0.5) is 5.69 Å². The molecule has 4 rings (SSSR count). The minimum Gasteiger partial charge on any atom is -0.486 e. The number of rotatable bonds is 3. The van der Waals surface area contributed by atoms with E-state index < -0.39 is 0 Å².